The lowest BCUT2D eigenvalue weighted by Crippen LogP contribution is -2.12. The highest BCUT2D eigenvalue weighted by molar-refractivity contribution is 5.39. The molecule has 5 heteroatoms. The van der Waals surface area contributed by atoms with Gasteiger partial charge in [-0.2, -0.15) is 13.2 Å². The Hall–Kier alpha value is -2.01. The Morgan fingerprint density at radius 3 is 2.48 bits per heavy atom. The second kappa shape index (κ2) is 6.18. The summed E-state index contributed by atoms with van der Waals surface area (Å²) in [6.07, 6.45) is -5.86. The van der Waals surface area contributed by atoms with Gasteiger partial charge in [0.2, 0.25) is 0 Å². The van der Waals surface area contributed by atoms with E-state index in [1.807, 2.05) is 6.92 Å². The lowest BCUT2D eigenvalue weighted by atomic mass is 9.96. The SMILES string of the molecule is CCOc1cccc(C(O)c2ccccc2C(F)(F)F)c1. The summed E-state index contributed by atoms with van der Waals surface area (Å²) in [7, 11) is 0. The first-order valence-corrected chi connectivity index (χ1v) is 6.50. The van der Waals surface area contributed by atoms with Crippen LogP contribution < -0.4 is 4.74 Å². The van der Waals surface area contributed by atoms with Crippen molar-refractivity contribution in [3.63, 3.8) is 0 Å². The largest absolute Gasteiger partial charge is 0.494 e. The Morgan fingerprint density at radius 2 is 1.81 bits per heavy atom. The van der Waals surface area contributed by atoms with Gasteiger partial charge in [0, 0.05) is 0 Å². The lowest BCUT2D eigenvalue weighted by molar-refractivity contribution is -0.139. The van der Waals surface area contributed by atoms with Crippen molar-refractivity contribution in [2.75, 3.05) is 6.61 Å². The van der Waals surface area contributed by atoms with E-state index >= 15 is 0 Å². The molecule has 21 heavy (non-hydrogen) atoms. The summed E-state index contributed by atoms with van der Waals surface area (Å²) in [5.74, 6) is 0.513. The van der Waals surface area contributed by atoms with Crippen LogP contribution in [0.1, 0.15) is 29.7 Å². The van der Waals surface area contributed by atoms with E-state index in [1.54, 1.807) is 24.3 Å². The number of rotatable bonds is 4. The van der Waals surface area contributed by atoms with Crippen LogP contribution in [0.4, 0.5) is 13.2 Å². The van der Waals surface area contributed by atoms with Gasteiger partial charge in [0.25, 0.3) is 0 Å². The average molecular weight is 296 g/mol. The molecule has 2 rings (SSSR count). The predicted molar refractivity (Wildman–Crippen MR) is 73.1 cm³/mol. The molecule has 0 amide bonds. The molecule has 1 atom stereocenters. The Morgan fingerprint density at radius 1 is 1.10 bits per heavy atom. The summed E-state index contributed by atoms with van der Waals surface area (Å²) in [4.78, 5) is 0. The van der Waals surface area contributed by atoms with Crippen molar-refractivity contribution in [3.05, 3.63) is 65.2 Å². The van der Waals surface area contributed by atoms with Crippen LogP contribution in [-0.2, 0) is 6.18 Å². The number of hydrogen-bond acceptors (Lipinski definition) is 2. The van der Waals surface area contributed by atoms with Crippen molar-refractivity contribution in [1.29, 1.82) is 0 Å². The van der Waals surface area contributed by atoms with Gasteiger partial charge in [-0.05, 0) is 36.2 Å². The molecule has 0 aliphatic rings. The van der Waals surface area contributed by atoms with Crippen molar-refractivity contribution in [2.24, 2.45) is 0 Å². The topological polar surface area (TPSA) is 29.5 Å². The quantitative estimate of drug-likeness (QED) is 0.917. The van der Waals surface area contributed by atoms with Crippen molar-refractivity contribution in [2.45, 2.75) is 19.2 Å². The first kappa shape index (κ1) is 15.4. The molecule has 2 nitrogen and oxygen atoms in total. The van der Waals surface area contributed by atoms with E-state index in [4.69, 9.17) is 4.74 Å². The first-order chi connectivity index (χ1) is 9.93. The zero-order chi connectivity index (χ0) is 15.5. The normalized spacial score (nSPS) is 13.0. The fourth-order valence-corrected chi connectivity index (χ4v) is 2.11. The third-order valence-electron chi connectivity index (χ3n) is 3.05. The highest BCUT2D eigenvalue weighted by atomic mass is 19.4. The van der Waals surface area contributed by atoms with E-state index < -0.39 is 17.8 Å². The maximum Gasteiger partial charge on any atom is 0.416 e. The van der Waals surface area contributed by atoms with E-state index in [-0.39, 0.29) is 5.56 Å². The summed E-state index contributed by atoms with van der Waals surface area (Å²) in [6, 6.07) is 11.5. The van der Waals surface area contributed by atoms with Gasteiger partial charge in [-0.1, -0.05) is 30.3 Å². The molecule has 0 saturated heterocycles. The van der Waals surface area contributed by atoms with Crippen LogP contribution in [0, 0.1) is 0 Å². The molecule has 0 aromatic heterocycles. The molecular formula is C16H15F3O2. The number of ether oxygens (including phenoxy) is 1. The fourth-order valence-electron chi connectivity index (χ4n) is 2.11. The highest BCUT2D eigenvalue weighted by Gasteiger charge is 2.34. The number of benzene rings is 2. The molecule has 0 aliphatic carbocycles. The van der Waals surface area contributed by atoms with Gasteiger partial charge in [0.15, 0.2) is 0 Å². The molecule has 0 fully saturated rings. The van der Waals surface area contributed by atoms with Crippen LogP contribution in [0.5, 0.6) is 5.75 Å². The summed E-state index contributed by atoms with van der Waals surface area (Å²) in [6.45, 7) is 2.25. The molecule has 0 saturated carbocycles. The maximum absolute atomic E-state index is 13.0. The van der Waals surface area contributed by atoms with E-state index in [2.05, 4.69) is 0 Å². The first-order valence-electron chi connectivity index (χ1n) is 6.50. The van der Waals surface area contributed by atoms with Gasteiger partial charge >= 0.3 is 6.18 Å². The molecule has 1 unspecified atom stereocenters. The zero-order valence-electron chi connectivity index (χ0n) is 11.4. The monoisotopic (exact) mass is 296 g/mol. The van der Waals surface area contributed by atoms with Gasteiger partial charge < -0.3 is 9.84 Å². The molecule has 1 N–H and O–H groups in total. The molecular weight excluding hydrogens is 281 g/mol. The second-order valence-corrected chi connectivity index (χ2v) is 4.49. The number of aliphatic hydroxyl groups is 1. The van der Waals surface area contributed by atoms with E-state index in [9.17, 15) is 18.3 Å². The molecule has 0 bridgehead atoms. The fraction of sp³-hybridized carbons (Fsp3) is 0.250. The van der Waals surface area contributed by atoms with Gasteiger partial charge in [0.1, 0.15) is 11.9 Å². The van der Waals surface area contributed by atoms with Crippen LogP contribution in [0.15, 0.2) is 48.5 Å². The van der Waals surface area contributed by atoms with E-state index in [1.165, 1.54) is 18.2 Å². The molecule has 0 aliphatic heterocycles. The Bertz CT molecular complexity index is 608. The van der Waals surface area contributed by atoms with Crippen molar-refractivity contribution >= 4 is 0 Å². The van der Waals surface area contributed by atoms with Crippen LogP contribution in [0.25, 0.3) is 0 Å². The van der Waals surface area contributed by atoms with Crippen LogP contribution in [0.2, 0.25) is 0 Å². The molecule has 2 aromatic rings. The number of alkyl halides is 3. The van der Waals surface area contributed by atoms with E-state index in [0.717, 1.165) is 6.07 Å². The second-order valence-electron chi connectivity index (χ2n) is 4.49. The molecule has 0 heterocycles. The van der Waals surface area contributed by atoms with Gasteiger partial charge in [-0.25, -0.2) is 0 Å². The minimum absolute atomic E-state index is 0.168. The van der Waals surface area contributed by atoms with Crippen molar-refractivity contribution < 1.29 is 23.0 Å². The maximum atomic E-state index is 13.0. The summed E-state index contributed by atoms with van der Waals surface area (Å²) >= 11 is 0. The third kappa shape index (κ3) is 3.55. The molecule has 0 radical (unpaired) electrons. The molecule has 2 aromatic carbocycles. The number of hydrogen-bond donors (Lipinski definition) is 1. The summed E-state index contributed by atoms with van der Waals surface area (Å²) in [5, 5.41) is 10.3. The standard InChI is InChI=1S/C16H15F3O2/c1-2-21-12-7-5-6-11(10-12)15(20)13-8-3-4-9-14(13)16(17,18)19/h3-10,15,20H,2H2,1H3. The van der Waals surface area contributed by atoms with Crippen LogP contribution in [-0.4, -0.2) is 11.7 Å². The van der Waals surface area contributed by atoms with E-state index in [0.29, 0.717) is 17.9 Å². The Balaban J connectivity index is 2.41. The Kier molecular flexibility index (Phi) is 4.53. The van der Waals surface area contributed by atoms with Gasteiger partial charge in [0.05, 0.1) is 12.2 Å². The molecule has 0 spiro atoms. The van der Waals surface area contributed by atoms with Crippen molar-refractivity contribution in [3.8, 4) is 5.75 Å². The predicted octanol–water partition coefficient (Wildman–Crippen LogP) is 4.19. The third-order valence-corrected chi connectivity index (χ3v) is 3.05. The number of aliphatic hydroxyl groups excluding tert-OH is 1. The number of halogens is 3. The zero-order valence-corrected chi connectivity index (χ0v) is 11.4. The smallest absolute Gasteiger partial charge is 0.416 e. The minimum Gasteiger partial charge on any atom is -0.494 e. The lowest BCUT2D eigenvalue weighted by Gasteiger charge is -2.18. The highest BCUT2D eigenvalue weighted by Crippen LogP contribution is 2.36. The summed E-state index contributed by atoms with van der Waals surface area (Å²) in [5.41, 5.74) is -0.643. The van der Waals surface area contributed by atoms with Crippen molar-refractivity contribution in [1.82, 2.24) is 0 Å². The average Bonchev–Trinajstić information content (AvgIpc) is 2.46. The van der Waals surface area contributed by atoms with Crippen LogP contribution in [0.3, 0.4) is 0 Å². The van der Waals surface area contributed by atoms with Gasteiger partial charge in [-0.15, -0.1) is 0 Å². The van der Waals surface area contributed by atoms with Crippen LogP contribution >= 0.6 is 0 Å². The Labute approximate surface area is 120 Å². The van der Waals surface area contributed by atoms with Gasteiger partial charge in [-0.3, -0.25) is 0 Å². The summed E-state index contributed by atoms with van der Waals surface area (Å²) < 4.78 is 44.3. The molecule has 112 valence electrons. The minimum atomic E-state index is -4.50.